The van der Waals surface area contributed by atoms with Crippen LogP contribution in [0.5, 0.6) is 0 Å². The minimum absolute atomic E-state index is 0.692. The predicted octanol–water partition coefficient (Wildman–Crippen LogP) is -1.59. The van der Waals surface area contributed by atoms with Gasteiger partial charge in [-0.3, -0.25) is 9.52 Å². The molecule has 1 amide bonds. The van der Waals surface area contributed by atoms with E-state index in [0.29, 0.717) is 0 Å². The van der Waals surface area contributed by atoms with Crippen LogP contribution in [-0.4, -0.2) is 26.6 Å². The molecular weight excluding hydrogens is 156 g/mol. The van der Waals surface area contributed by atoms with Crippen molar-refractivity contribution >= 4 is 15.9 Å². The fourth-order valence-corrected chi connectivity index (χ4v) is 0.827. The van der Waals surface area contributed by atoms with Crippen LogP contribution in [0.4, 0.5) is 0 Å². The lowest BCUT2D eigenvalue weighted by atomic mass is 10.4. The topological polar surface area (TPSA) is 89.3 Å². The number of sulfonamides is 1. The highest BCUT2D eigenvalue weighted by atomic mass is 32.2. The first-order valence-electron chi connectivity index (χ1n) is 2.60. The number of hydrogen-bond acceptors (Lipinski definition) is 4. The first kappa shape index (κ1) is 9.38. The third kappa shape index (κ3) is 4.28. The first-order valence-corrected chi connectivity index (χ1v) is 4.49. The molecule has 1 atom stereocenters. The van der Waals surface area contributed by atoms with Crippen molar-refractivity contribution in [1.29, 1.82) is 0 Å². The van der Waals surface area contributed by atoms with Crippen molar-refractivity contribution < 1.29 is 13.2 Å². The average molecular weight is 166 g/mol. The summed E-state index contributed by atoms with van der Waals surface area (Å²) in [6.07, 6.45) is 0.896. The Bertz CT molecular complexity index is 219. The van der Waals surface area contributed by atoms with Gasteiger partial charge in [0.05, 0.1) is 12.3 Å². The number of carbonyl (C=O) groups excluding carboxylic acids is 1. The number of nitrogens with two attached hydrogens (primary N) is 1. The summed E-state index contributed by atoms with van der Waals surface area (Å²) in [5.74, 6) is -0.692. The highest BCUT2D eigenvalue weighted by Gasteiger charge is 2.11. The monoisotopic (exact) mass is 166 g/mol. The summed E-state index contributed by atoms with van der Waals surface area (Å²) in [6, 6.07) is -0.797. The molecule has 5 nitrogen and oxygen atoms in total. The molecule has 0 heterocycles. The minimum Gasteiger partial charge on any atom is -0.320 e. The Hall–Kier alpha value is -0.620. The Balaban J connectivity index is 4.07. The van der Waals surface area contributed by atoms with Crippen LogP contribution in [0.25, 0.3) is 0 Å². The predicted molar refractivity (Wildman–Crippen MR) is 36.6 cm³/mol. The van der Waals surface area contributed by atoms with Gasteiger partial charge in [-0.05, 0) is 6.92 Å². The van der Waals surface area contributed by atoms with E-state index in [1.165, 1.54) is 6.92 Å². The number of carbonyl (C=O) groups is 1. The van der Waals surface area contributed by atoms with E-state index in [1.54, 1.807) is 4.72 Å². The molecule has 0 fully saturated rings. The SMILES string of the molecule is C[C@@H](N)C(=O)NS(C)(=O)=O. The minimum atomic E-state index is -3.45. The molecule has 0 unspecified atom stereocenters. The number of nitrogens with one attached hydrogen (secondary N) is 1. The maximum atomic E-state index is 10.5. The summed E-state index contributed by atoms with van der Waals surface area (Å²) in [6.45, 7) is 1.40. The zero-order chi connectivity index (χ0) is 8.36. The third-order valence-electron chi connectivity index (χ3n) is 0.700. The van der Waals surface area contributed by atoms with E-state index in [2.05, 4.69) is 0 Å². The van der Waals surface area contributed by atoms with Gasteiger partial charge in [0, 0.05) is 0 Å². The van der Waals surface area contributed by atoms with Crippen LogP contribution in [-0.2, 0) is 14.8 Å². The van der Waals surface area contributed by atoms with Crippen molar-refractivity contribution in [3.8, 4) is 0 Å². The van der Waals surface area contributed by atoms with Gasteiger partial charge in [-0.2, -0.15) is 0 Å². The number of rotatable bonds is 2. The smallest absolute Gasteiger partial charge is 0.250 e. The second-order valence-corrected chi connectivity index (χ2v) is 3.78. The van der Waals surface area contributed by atoms with Crippen LogP contribution in [0, 0.1) is 0 Å². The normalized spacial score (nSPS) is 14.3. The lowest BCUT2D eigenvalue weighted by Gasteiger charge is -2.03. The summed E-state index contributed by atoms with van der Waals surface area (Å²) < 4.78 is 22.4. The largest absolute Gasteiger partial charge is 0.320 e. The summed E-state index contributed by atoms with van der Waals surface area (Å²) in [5, 5.41) is 0. The Kier molecular flexibility index (Phi) is 2.79. The van der Waals surface area contributed by atoms with Crippen LogP contribution in [0.1, 0.15) is 6.92 Å². The van der Waals surface area contributed by atoms with E-state index in [-0.39, 0.29) is 0 Å². The zero-order valence-corrected chi connectivity index (χ0v) is 6.60. The van der Waals surface area contributed by atoms with Gasteiger partial charge in [-0.15, -0.1) is 0 Å². The highest BCUT2D eigenvalue weighted by molar-refractivity contribution is 7.89. The number of amides is 1. The molecule has 0 saturated heterocycles. The molecule has 60 valence electrons. The van der Waals surface area contributed by atoms with Crippen LogP contribution < -0.4 is 10.5 Å². The molecule has 0 aromatic rings. The van der Waals surface area contributed by atoms with Crippen molar-refractivity contribution in [2.45, 2.75) is 13.0 Å². The van der Waals surface area contributed by atoms with Crippen molar-refractivity contribution in [3.63, 3.8) is 0 Å². The Morgan fingerprint density at radius 2 is 2.00 bits per heavy atom. The average Bonchev–Trinajstić information content (AvgIpc) is 1.60. The zero-order valence-electron chi connectivity index (χ0n) is 5.79. The van der Waals surface area contributed by atoms with E-state index in [1.807, 2.05) is 0 Å². The summed E-state index contributed by atoms with van der Waals surface area (Å²) in [4.78, 5) is 10.5. The molecule has 0 saturated carbocycles. The van der Waals surface area contributed by atoms with Crippen LogP contribution in [0.3, 0.4) is 0 Å². The van der Waals surface area contributed by atoms with Crippen LogP contribution in [0.2, 0.25) is 0 Å². The quantitative estimate of drug-likeness (QED) is 0.517. The summed E-state index contributed by atoms with van der Waals surface area (Å²) in [7, 11) is -3.45. The van der Waals surface area contributed by atoms with Crippen LogP contribution >= 0.6 is 0 Å². The molecule has 3 N–H and O–H groups in total. The summed E-state index contributed by atoms with van der Waals surface area (Å²) >= 11 is 0. The molecular formula is C4H10N2O3S. The van der Waals surface area contributed by atoms with Gasteiger partial charge in [-0.25, -0.2) is 8.42 Å². The fourth-order valence-electron chi connectivity index (χ4n) is 0.276. The fraction of sp³-hybridized carbons (Fsp3) is 0.750. The molecule has 0 aliphatic rings. The van der Waals surface area contributed by atoms with Gasteiger partial charge in [0.25, 0.3) is 0 Å². The lowest BCUT2D eigenvalue weighted by molar-refractivity contribution is -0.120. The highest BCUT2D eigenvalue weighted by Crippen LogP contribution is 1.78. The lowest BCUT2D eigenvalue weighted by Crippen LogP contribution is -2.40. The van der Waals surface area contributed by atoms with Gasteiger partial charge in [-0.1, -0.05) is 0 Å². The molecule has 0 aromatic heterocycles. The van der Waals surface area contributed by atoms with E-state index in [4.69, 9.17) is 5.73 Å². The van der Waals surface area contributed by atoms with Gasteiger partial charge >= 0.3 is 0 Å². The molecule has 0 rings (SSSR count). The Labute approximate surface area is 59.6 Å². The molecule has 10 heavy (non-hydrogen) atoms. The van der Waals surface area contributed by atoms with Crippen molar-refractivity contribution in [3.05, 3.63) is 0 Å². The second kappa shape index (κ2) is 2.98. The molecule has 0 aliphatic carbocycles. The van der Waals surface area contributed by atoms with Crippen molar-refractivity contribution in [2.24, 2.45) is 5.73 Å². The summed E-state index contributed by atoms with van der Waals surface area (Å²) in [5.41, 5.74) is 5.07. The second-order valence-electron chi connectivity index (χ2n) is 2.03. The third-order valence-corrected chi connectivity index (χ3v) is 1.27. The molecule has 0 bridgehead atoms. The van der Waals surface area contributed by atoms with Crippen molar-refractivity contribution in [2.75, 3.05) is 6.26 Å². The maximum Gasteiger partial charge on any atom is 0.250 e. The molecule has 6 heteroatoms. The van der Waals surface area contributed by atoms with Gasteiger partial charge in [0.1, 0.15) is 0 Å². The first-order chi connectivity index (χ1) is 4.33. The molecule has 0 aromatic carbocycles. The maximum absolute atomic E-state index is 10.5. The molecule has 0 spiro atoms. The number of hydrogen-bond donors (Lipinski definition) is 2. The van der Waals surface area contributed by atoms with Crippen LogP contribution in [0.15, 0.2) is 0 Å². The standard InChI is InChI=1S/C4H10N2O3S/c1-3(5)4(7)6-10(2,8)9/h3H,5H2,1-2H3,(H,6,7)/t3-/m1/s1. The van der Waals surface area contributed by atoms with Gasteiger partial charge in [0.2, 0.25) is 15.9 Å². The van der Waals surface area contributed by atoms with Gasteiger partial charge < -0.3 is 5.73 Å². The van der Waals surface area contributed by atoms with E-state index in [9.17, 15) is 13.2 Å². The van der Waals surface area contributed by atoms with Crippen molar-refractivity contribution in [1.82, 2.24) is 4.72 Å². The van der Waals surface area contributed by atoms with E-state index >= 15 is 0 Å². The Morgan fingerprint density at radius 3 is 2.10 bits per heavy atom. The van der Waals surface area contributed by atoms with E-state index in [0.717, 1.165) is 6.26 Å². The molecule has 0 radical (unpaired) electrons. The Morgan fingerprint density at radius 1 is 1.60 bits per heavy atom. The molecule has 0 aliphatic heterocycles. The van der Waals surface area contributed by atoms with Gasteiger partial charge in [0.15, 0.2) is 0 Å². The van der Waals surface area contributed by atoms with E-state index < -0.39 is 22.0 Å².